The number of nitrogens with two attached hydrogens (primary N) is 1. The van der Waals surface area contributed by atoms with Gasteiger partial charge in [-0.05, 0) is 37.5 Å². The third kappa shape index (κ3) is 3.49. The van der Waals surface area contributed by atoms with Crippen molar-refractivity contribution >= 4 is 21.5 Å². The van der Waals surface area contributed by atoms with E-state index in [4.69, 9.17) is 5.73 Å². The van der Waals surface area contributed by atoms with Crippen LogP contribution in [0.25, 0.3) is 16.9 Å². The number of imidazole rings is 1. The SMILES string of the molecule is Cc1ccc(S(=O)(=O)N2CCCC(C(F)(F)F)C2)cc1-c1cnc2c(N)ncnn12. The predicted molar refractivity (Wildman–Crippen MR) is 103 cm³/mol. The first-order valence-corrected chi connectivity index (χ1v) is 10.6. The number of nitrogens with zero attached hydrogens (tertiary/aromatic N) is 5. The molecule has 2 N–H and O–H groups in total. The average molecular weight is 440 g/mol. The molecular weight excluding hydrogens is 421 g/mol. The van der Waals surface area contributed by atoms with Gasteiger partial charge in [-0.25, -0.2) is 22.9 Å². The van der Waals surface area contributed by atoms with Crippen molar-refractivity contribution in [3.05, 3.63) is 36.3 Å². The molecule has 0 bridgehead atoms. The highest BCUT2D eigenvalue weighted by Crippen LogP contribution is 2.36. The summed E-state index contributed by atoms with van der Waals surface area (Å²) in [6.07, 6.45) is -1.58. The number of nitrogen functional groups attached to an aromatic ring is 1. The van der Waals surface area contributed by atoms with Gasteiger partial charge in [-0.1, -0.05) is 6.07 Å². The molecule has 12 heteroatoms. The summed E-state index contributed by atoms with van der Waals surface area (Å²) in [5.74, 6) is -1.49. The van der Waals surface area contributed by atoms with E-state index in [0.717, 1.165) is 9.87 Å². The van der Waals surface area contributed by atoms with Crippen molar-refractivity contribution in [3.63, 3.8) is 0 Å². The Morgan fingerprint density at radius 2 is 2.00 bits per heavy atom. The number of piperidine rings is 1. The number of alkyl halides is 3. The van der Waals surface area contributed by atoms with Crippen LogP contribution in [0.3, 0.4) is 0 Å². The molecule has 160 valence electrons. The quantitative estimate of drug-likeness (QED) is 0.671. The van der Waals surface area contributed by atoms with Gasteiger partial charge in [0.25, 0.3) is 0 Å². The molecule has 1 aliphatic heterocycles. The van der Waals surface area contributed by atoms with Crippen LogP contribution in [-0.2, 0) is 10.0 Å². The summed E-state index contributed by atoms with van der Waals surface area (Å²) in [5, 5.41) is 4.12. The number of hydrogen-bond donors (Lipinski definition) is 1. The molecule has 1 atom stereocenters. The molecule has 0 aliphatic carbocycles. The molecule has 0 amide bonds. The summed E-state index contributed by atoms with van der Waals surface area (Å²) < 4.78 is 68.0. The maximum atomic E-state index is 13.1. The maximum absolute atomic E-state index is 13.1. The minimum atomic E-state index is -4.43. The minimum absolute atomic E-state index is 0.0531. The lowest BCUT2D eigenvalue weighted by atomic mass is 9.99. The van der Waals surface area contributed by atoms with Crippen LogP contribution in [0.4, 0.5) is 19.0 Å². The third-order valence-electron chi connectivity index (χ3n) is 5.30. The van der Waals surface area contributed by atoms with Gasteiger partial charge in [0, 0.05) is 18.7 Å². The molecule has 1 saturated heterocycles. The molecule has 3 heterocycles. The molecule has 2 aromatic heterocycles. The largest absolute Gasteiger partial charge is 0.393 e. The van der Waals surface area contributed by atoms with Crippen LogP contribution >= 0.6 is 0 Å². The summed E-state index contributed by atoms with van der Waals surface area (Å²) >= 11 is 0. The van der Waals surface area contributed by atoms with E-state index in [1.807, 2.05) is 0 Å². The fourth-order valence-electron chi connectivity index (χ4n) is 3.63. The van der Waals surface area contributed by atoms with E-state index in [0.29, 0.717) is 16.9 Å². The van der Waals surface area contributed by atoms with E-state index in [9.17, 15) is 21.6 Å². The Kier molecular flexibility index (Phi) is 4.93. The smallest absolute Gasteiger partial charge is 0.381 e. The number of benzene rings is 1. The Bertz CT molecular complexity index is 1210. The highest BCUT2D eigenvalue weighted by atomic mass is 32.2. The Morgan fingerprint density at radius 1 is 1.23 bits per heavy atom. The Balaban J connectivity index is 1.75. The zero-order valence-electron chi connectivity index (χ0n) is 16.0. The molecule has 1 aromatic carbocycles. The molecular formula is C18H19F3N6O2S. The monoisotopic (exact) mass is 440 g/mol. The van der Waals surface area contributed by atoms with Crippen LogP contribution in [0.2, 0.25) is 0 Å². The summed E-state index contributed by atoms with van der Waals surface area (Å²) in [7, 11) is -4.10. The molecule has 4 rings (SSSR count). The van der Waals surface area contributed by atoms with Crippen molar-refractivity contribution in [3.8, 4) is 11.3 Å². The molecule has 1 unspecified atom stereocenters. The first kappa shape index (κ1) is 20.5. The van der Waals surface area contributed by atoms with Gasteiger partial charge in [0.2, 0.25) is 10.0 Å². The molecule has 0 saturated carbocycles. The van der Waals surface area contributed by atoms with E-state index in [-0.39, 0.29) is 30.1 Å². The molecule has 3 aromatic rings. The van der Waals surface area contributed by atoms with Gasteiger partial charge >= 0.3 is 6.18 Å². The third-order valence-corrected chi connectivity index (χ3v) is 7.16. The van der Waals surface area contributed by atoms with Crippen molar-refractivity contribution in [1.29, 1.82) is 0 Å². The van der Waals surface area contributed by atoms with Crippen LogP contribution < -0.4 is 5.73 Å². The number of anilines is 1. The van der Waals surface area contributed by atoms with Gasteiger partial charge in [-0.15, -0.1) is 0 Å². The van der Waals surface area contributed by atoms with Crippen molar-refractivity contribution in [2.75, 3.05) is 18.8 Å². The highest BCUT2D eigenvalue weighted by Gasteiger charge is 2.44. The second kappa shape index (κ2) is 7.20. The Labute approximate surface area is 170 Å². The summed E-state index contributed by atoms with van der Waals surface area (Å²) in [6.45, 7) is 1.27. The van der Waals surface area contributed by atoms with E-state index >= 15 is 0 Å². The summed E-state index contributed by atoms with van der Waals surface area (Å²) in [6, 6.07) is 4.44. The van der Waals surface area contributed by atoms with E-state index in [1.54, 1.807) is 13.0 Å². The maximum Gasteiger partial charge on any atom is 0.393 e. The molecule has 1 fully saturated rings. The van der Waals surface area contributed by atoms with Crippen molar-refractivity contribution in [2.45, 2.75) is 30.8 Å². The van der Waals surface area contributed by atoms with Gasteiger partial charge in [0.05, 0.1) is 22.7 Å². The van der Waals surface area contributed by atoms with Gasteiger partial charge in [0.1, 0.15) is 6.33 Å². The lowest BCUT2D eigenvalue weighted by molar-refractivity contribution is -0.182. The van der Waals surface area contributed by atoms with E-state index in [1.165, 1.54) is 29.2 Å². The minimum Gasteiger partial charge on any atom is -0.381 e. The van der Waals surface area contributed by atoms with Crippen LogP contribution in [0.1, 0.15) is 18.4 Å². The topological polar surface area (TPSA) is 106 Å². The molecule has 0 spiro atoms. The van der Waals surface area contributed by atoms with Crippen LogP contribution in [-0.4, -0.2) is 51.6 Å². The van der Waals surface area contributed by atoms with Gasteiger partial charge < -0.3 is 5.73 Å². The number of sulfonamides is 1. The molecule has 0 radical (unpaired) electrons. The number of hydrogen-bond acceptors (Lipinski definition) is 6. The van der Waals surface area contributed by atoms with Gasteiger partial charge in [-0.3, -0.25) is 0 Å². The second-order valence-electron chi connectivity index (χ2n) is 7.24. The highest BCUT2D eigenvalue weighted by molar-refractivity contribution is 7.89. The number of fused-ring (bicyclic) bond motifs is 1. The molecule has 8 nitrogen and oxygen atoms in total. The Hall–Kier alpha value is -2.73. The van der Waals surface area contributed by atoms with Crippen LogP contribution in [0, 0.1) is 12.8 Å². The fourth-order valence-corrected chi connectivity index (χ4v) is 5.18. The number of aryl methyl sites for hydroxylation is 1. The second-order valence-corrected chi connectivity index (χ2v) is 9.18. The number of rotatable bonds is 3. The standard InChI is InChI=1S/C18H19F3N6O2S/c1-11-4-5-13(30(28,29)26-6-2-3-12(9-26)18(19,20)21)7-14(11)15-8-23-17-16(22)24-10-25-27(15)17/h4-5,7-8,10,12H,2-3,6,9H2,1H3,(H2,22,24,25). The van der Waals surface area contributed by atoms with Gasteiger partial charge in [0.15, 0.2) is 11.5 Å². The van der Waals surface area contributed by atoms with E-state index in [2.05, 4.69) is 15.1 Å². The lowest BCUT2D eigenvalue weighted by Crippen LogP contribution is -2.44. The van der Waals surface area contributed by atoms with Crippen LogP contribution in [0.5, 0.6) is 0 Å². The first-order valence-electron chi connectivity index (χ1n) is 9.21. The normalized spacial score (nSPS) is 18.7. The van der Waals surface area contributed by atoms with Crippen molar-refractivity contribution < 1.29 is 21.6 Å². The number of halogens is 3. The summed E-state index contributed by atoms with van der Waals surface area (Å²) in [4.78, 5) is 7.97. The zero-order chi connectivity index (χ0) is 21.7. The van der Waals surface area contributed by atoms with Crippen LogP contribution in [0.15, 0.2) is 35.6 Å². The number of aromatic nitrogens is 4. The van der Waals surface area contributed by atoms with Crippen molar-refractivity contribution in [1.82, 2.24) is 23.9 Å². The fraction of sp³-hybridized carbons (Fsp3) is 0.389. The lowest BCUT2D eigenvalue weighted by Gasteiger charge is -2.33. The predicted octanol–water partition coefficient (Wildman–Crippen LogP) is 2.64. The van der Waals surface area contributed by atoms with Gasteiger partial charge in [-0.2, -0.15) is 22.6 Å². The summed E-state index contributed by atoms with van der Waals surface area (Å²) in [5.41, 5.74) is 7.91. The molecule has 1 aliphatic rings. The first-order chi connectivity index (χ1) is 14.1. The molecule has 30 heavy (non-hydrogen) atoms. The Morgan fingerprint density at radius 3 is 2.73 bits per heavy atom. The van der Waals surface area contributed by atoms with Crippen molar-refractivity contribution in [2.24, 2.45) is 5.92 Å². The van der Waals surface area contributed by atoms with E-state index < -0.39 is 28.7 Å². The zero-order valence-corrected chi connectivity index (χ0v) is 16.8. The average Bonchev–Trinajstić information content (AvgIpc) is 3.13.